The minimum atomic E-state index is -2.91. The summed E-state index contributed by atoms with van der Waals surface area (Å²) in [5.74, 6) is -10.7. The number of hydrogen-bond acceptors (Lipinski definition) is 10. The molecule has 0 fully saturated rings. The molecule has 0 rings (SSSR count). The SMILES string of the molecule is C.C.C.C.O=C(O)CC(O)(CC(=O)O)C(=O)O.O=C([O-])CC(O)(CC(=O)O)C(=O)[O-].[H-].[Na+].[Na+].[Na+]. The molecule has 0 aliphatic rings. The number of hydrogen-bond donors (Lipinski definition) is 6. The van der Waals surface area contributed by atoms with E-state index in [1.807, 2.05) is 0 Å². The van der Waals surface area contributed by atoms with Crippen LogP contribution in [0.1, 0.15) is 56.8 Å². The molecule has 0 radical (unpaired) electrons. The Labute approximate surface area is 259 Å². The maximum atomic E-state index is 10.3. The molecule has 1 unspecified atom stereocenters. The quantitative estimate of drug-likeness (QED) is 0.147. The molecule has 0 bridgehead atoms. The van der Waals surface area contributed by atoms with Crippen LogP contribution in [-0.2, 0) is 28.8 Å². The third kappa shape index (κ3) is 27.9. The Kier molecular flexibility index (Phi) is 46.7. The first kappa shape index (κ1) is 58.5. The molecule has 0 aromatic heterocycles. The molecule has 0 aliphatic carbocycles. The van der Waals surface area contributed by atoms with E-state index in [1.54, 1.807) is 0 Å². The van der Waals surface area contributed by atoms with Gasteiger partial charge in [-0.15, -0.1) is 0 Å². The third-order valence-electron chi connectivity index (χ3n) is 2.55. The Balaban J connectivity index is -0.0000000343. The van der Waals surface area contributed by atoms with Crippen LogP contribution in [0.25, 0.3) is 0 Å². The van der Waals surface area contributed by atoms with Gasteiger partial charge in [-0.2, -0.15) is 0 Å². The first-order valence-electron chi connectivity index (χ1n) is 6.30. The summed E-state index contributed by atoms with van der Waals surface area (Å²) in [5, 5.41) is 71.0. The van der Waals surface area contributed by atoms with Crippen molar-refractivity contribution in [1.82, 2.24) is 0 Å². The van der Waals surface area contributed by atoms with Gasteiger partial charge in [0.15, 0.2) is 5.60 Å². The molecular weight excluding hydrogens is 485 g/mol. The van der Waals surface area contributed by atoms with Crippen LogP contribution < -0.4 is 98.9 Å². The number of carbonyl (C=O) groups excluding carboxylic acids is 2. The van der Waals surface area contributed by atoms with Crippen LogP contribution in [0.5, 0.6) is 0 Å². The summed E-state index contributed by atoms with van der Waals surface area (Å²) in [6, 6.07) is 0. The zero-order valence-electron chi connectivity index (χ0n) is 16.8. The van der Waals surface area contributed by atoms with Crippen molar-refractivity contribution < 1.29 is 160 Å². The fraction of sp³-hybridized carbons (Fsp3) is 0.625. The van der Waals surface area contributed by atoms with E-state index in [4.69, 9.17) is 30.6 Å². The van der Waals surface area contributed by atoms with Gasteiger partial charge in [-0.3, -0.25) is 14.4 Å². The summed E-state index contributed by atoms with van der Waals surface area (Å²) in [6.45, 7) is 0. The van der Waals surface area contributed by atoms with E-state index < -0.39 is 72.7 Å². The molecule has 0 aliphatic heterocycles. The van der Waals surface area contributed by atoms with Crippen LogP contribution in [0, 0.1) is 0 Å². The normalized spacial score (nSPS) is 10.0. The molecule has 0 aromatic rings. The average molecular weight is 516 g/mol. The Morgan fingerprint density at radius 2 is 0.818 bits per heavy atom. The van der Waals surface area contributed by atoms with E-state index >= 15 is 0 Å². The maximum absolute atomic E-state index is 10.3. The van der Waals surface area contributed by atoms with Crippen molar-refractivity contribution in [1.29, 1.82) is 0 Å². The second-order valence-corrected chi connectivity index (χ2v) is 4.92. The van der Waals surface area contributed by atoms with Gasteiger partial charge in [-0.25, -0.2) is 4.79 Å². The van der Waals surface area contributed by atoms with Gasteiger partial charge in [0, 0.05) is 12.4 Å². The van der Waals surface area contributed by atoms with E-state index in [2.05, 4.69) is 0 Å². The number of rotatable bonds is 10. The van der Waals surface area contributed by atoms with Gasteiger partial charge >= 0.3 is 113 Å². The second kappa shape index (κ2) is 26.3. The van der Waals surface area contributed by atoms with Crippen molar-refractivity contribution >= 4 is 35.8 Å². The van der Waals surface area contributed by atoms with Gasteiger partial charge in [0.1, 0.15) is 5.60 Å². The largest absolute Gasteiger partial charge is 1.00 e. The number of aliphatic carboxylic acids is 6. The van der Waals surface area contributed by atoms with E-state index in [0.29, 0.717) is 0 Å². The van der Waals surface area contributed by atoms with Gasteiger partial charge in [0.2, 0.25) is 0 Å². The van der Waals surface area contributed by atoms with Crippen molar-refractivity contribution in [2.24, 2.45) is 0 Å². The van der Waals surface area contributed by atoms with Crippen molar-refractivity contribution in [3.63, 3.8) is 0 Å². The zero-order valence-corrected chi connectivity index (χ0v) is 21.8. The van der Waals surface area contributed by atoms with Crippen LogP contribution in [0.3, 0.4) is 0 Å². The number of aliphatic hydroxyl groups is 2. The van der Waals surface area contributed by atoms with Crippen molar-refractivity contribution in [3.05, 3.63) is 0 Å². The molecule has 0 amide bonds. The molecule has 182 valence electrons. The van der Waals surface area contributed by atoms with Crippen molar-refractivity contribution in [2.45, 2.75) is 66.6 Å². The predicted octanol–water partition coefficient (Wildman–Crippen LogP) is -11.5. The Morgan fingerprint density at radius 3 is 0.970 bits per heavy atom. The zero-order chi connectivity index (χ0) is 21.3. The number of carboxylic acid groups (broad SMARTS) is 6. The van der Waals surface area contributed by atoms with Crippen LogP contribution >= 0.6 is 0 Å². The van der Waals surface area contributed by atoms with Crippen molar-refractivity contribution in [2.75, 3.05) is 0 Å². The summed E-state index contributed by atoms with van der Waals surface area (Å²) in [4.78, 5) is 60.6. The smallest absolute Gasteiger partial charge is 1.00 e. The number of carboxylic acids is 6. The van der Waals surface area contributed by atoms with Crippen LogP contribution in [0.15, 0.2) is 0 Å². The van der Waals surface area contributed by atoms with Gasteiger partial charge < -0.3 is 51.9 Å². The summed E-state index contributed by atoms with van der Waals surface area (Å²) in [6.07, 6.45) is -4.85. The van der Waals surface area contributed by atoms with Gasteiger partial charge in [-0.05, 0) is 0 Å². The minimum absolute atomic E-state index is 0. The monoisotopic (exact) mass is 516 g/mol. The van der Waals surface area contributed by atoms with Crippen LogP contribution in [0.4, 0.5) is 0 Å². The van der Waals surface area contributed by atoms with E-state index in [-0.39, 0.29) is 120 Å². The second-order valence-electron chi connectivity index (χ2n) is 4.92. The van der Waals surface area contributed by atoms with Gasteiger partial charge in [0.05, 0.1) is 25.2 Å². The molecule has 14 nitrogen and oxygen atoms in total. The summed E-state index contributed by atoms with van der Waals surface area (Å²) >= 11 is 0. The fourth-order valence-corrected chi connectivity index (χ4v) is 1.41. The molecular formula is C16H31Na3O14. The molecule has 0 saturated heterocycles. The first-order chi connectivity index (χ1) is 11.6. The molecule has 33 heavy (non-hydrogen) atoms. The molecule has 17 heteroatoms. The van der Waals surface area contributed by atoms with Gasteiger partial charge in [0.25, 0.3) is 0 Å². The Bertz CT molecular complexity index is 532. The molecule has 0 saturated carbocycles. The van der Waals surface area contributed by atoms with E-state index in [0.717, 1.165) is 0 Å². The maximum Gasteiger partial charge on any atom is 1.00 e. The first-order valence-corrected chi connectivity index (χ1v) is 6.30. The standard InChI is InChI=1S/2C6H8O7.4CH4.3Na.H/c2*7-3(8)1-6(13,5(11)12)2-4(9)10;;;;;;;;/h2*13H,1-2H2,(H,7,8)(H,9,10)(H,11,12);4*1H4;;;;/q;;;;;;3*+1;-1/p-2. The van der Waals surface area contributed by atoms with Crippen molar-refractivity contribution in [3.8, 4) is 0 Å². The summed E-state index contributed by atoms with van der Waals surface area (Å²) < 4.78 is 0. The Hall–Kier alpha value is -0.260. The summed E-state index contributed by atoms with van der Waals surface area (Å²) in [7, 11) is 0. The fourth-order valence-electron chi connectivity index (χ4n) is 1.41. The molecule has 6 N–H and O–H groups in total. The van der Waals surface area contributed by atoms with Crippen LogP contribution in [-0.4, -0.2) is 77.7 Å². The van der Waals surface area contributed by atoms with Gasteiger partial charge in [-0.1, -0.05) is 29.7 Å². The molecule has 0 heterocycles. The molecule has 0 aromatic carbocycles. The average Bonchev–Trinajstić information content (AvgIpc) is 2.34. The molecule has 1 atom stereocenters. The molecule has 0 spiro atoms. The van der Waals surface area contributed by atoms with E-state index in [1.165, 1.54) is 0 Å². The predicted molar refractivity (Wildman–Crippen MR) is 97.0 cm³/mol. The van der Waals surface area contributed by atoms with E-state index in [9.17, 15) is 39.0 Å². The number of carbonyl (C=O) groups is 6. The summed E-state index contributed by atoms with van der Waals surface area (Å²) in [5.41, 5.74) is -5.65. The van der Waals surface area contributed by atoms with Crippen LogP contribution in [0.2, 0.25) is 0 Å². The topological polar surface area (TPSA) is 270 Å². The third-order valence-corrected chi connectivity index (χ3v) is 2.55. The Morgan fingerprint density at radius 1 is 0.576 bits per heavy atom. The minimum Gasteiger partial charge on any atom is -1.00 e.